The van der Waals surface area contributed by atoms with Gasteiger partial charge in [-0.1, -0.05) is 0 Å². The van der Waals surface area contributed by atoms with Crippen molar-refractivity contribution in [3.8, 4) is 5.75 Å². The summed E-state index contributed by atoms with van der Waals surface area (Å²) in [6.07, 6.45) is 0. The van der Waals surface area contributed by atoms with Crippen molar-refractivity contribution in [1.82, 2.24) is 0 Å². The second-order valence-electron chi connectivity index (χ2n) is 2.39. The fraction of sp³-hybridized carbons (Fsp3) is 0.250. The fourth-order valence-electron chi connectivity index (χ4n) is 0.766. The van der Waals surface area contributed by atoms with E-state index in [0.29, 0.717) is 5.75 Å². The zero-order chi connectivity index (χ0) is 7.72. The molecule has 2 heteroatoms. The highest BCUT2D eigenvalue weighted by Gasteiger charge is 1.98. The molecule has 0 bridgehead atoms. The maximum absolute atomic E-state index is 9.22. The standard InChI is InChI=1S/C8H9IO/c1-5-3-7(9)8(10)4-6(5)2/h3-4,10H,1-2H3. The van der Waals surface area contributed by atoms with E-state index in [0.717, 1.165) is 9.13 Å². The molecule has 0 atom stereocenters. The second kappa shape index (κ2) is 2.78. The third kappa shape index (κ3) is 1.42. The minimum atomic E-state index is 0.378. The molecule has 0 spiro atoms. The Labute approximate surface area is 74.2 Å². The lowest BCUT2D eigenvalue weighted by molar-refractivity contribution is 0.471. The molecule has 1 aromatic carbocycles. The van der Waals surface area contributed by atoms with E-state index in [1.807, 2.05) is 19.9 Å². The van der Waals surface area contributed by atoms with Crippen molar-refractivity contribution in [2.45, 2.75) is 13.8 Å². The smallest absolute Gasteiger partial charge is 0.129 e. The number of hydrogen-bond donors (Lipinski definition) is 1. The maximum atomic E-state index is 9.22. The van der Waals surface area contributed by atoms with Crippen LogP contribution in [0.4, 0.5) is 0 Å². The molecule has 0 aromatic heterocycles. The molecule has 0 fully saturated rings. The zero-order valence-electron chi connectivity index (χ0n) is 5.98. The Morgan fingerprint density at radius 2 is 1.70 bits per heavy atom. The molecule has 0 radical (unpaired) electrons. The van der Waals surface area contributed by atoms with Gasteiger partial charge >= 0.3 is 0 Å². The first-order valence-electron chi connectivity index (χ1n) is 3.07. The minimum absolute atomic E-state index is 0.378. The van der Waals surface area contributed by atoms with Crippen molar-refractivity contribution in [3.05, 3.63) is 26.8 Å². The number of aromatic hydroxyl groups is 1. The van der Waals surface area contributed by atoms with E-state index in [1.54, 1.807) is 6.07 Å². The predicted octanol–water partition coefficient (Wildman–Crippen LogP) is 2.61. The Kier molecular flexibility index (Phi) is 2.18. The molecule has 0 aliphatic heterocycles. The van der Waals surface area contributed by atoms with Crippen molar-refractivity contribution >= 4 is 22.6 Å². The van der Waals surface area contributed by atoms with Gasteiger partial charge in [0, 0.05) is 0 Å². The van der Waals surface area contributed by atoms with Crippen molar-refractivity contribution in [2.75, 3.05) is 0 Å². The van der Waals surface area contributed by atoms with Crippen LogP contribution >= 0.6 is 22.6 Å². The molecule has 0 amide bonds. The van der Waals surface area contributed by atoms with Crippen LogP contribution in [0.15, 0.2) is 12.1 Å². The first-order valence-corrected chi connectivity index (χ1v) is 4.15. The average molecular weight is 248 g/mol. The van der Waals surface area contributed by atoms with Crippen LogP contribution < -0.4 is 0 Å². The number of benzene rings is 1. The Hall–Kier alpha value is -0.250. The average Bonchev–Trinajstić information content (AvgIpc) is 1.84. The molecule has 1 rings (SSSR count). The molecule has 1 nitrogen and oxygen atoms in total. The number of phenols is 1. The summed E-state index contributed by atoms with van der Waals surface area (Å²) in [6.45, 7) is 4.03. The molecule has 54 valence electrons. The molecule has 0 saturated carbocycles. The van der Waals surface area contributed by atoms with Gasteiger partial charge < -0.3 is 5.11 Å². The van der Waals surface area contributed by atoms with Crippen LogP contribution in [0.25, 0.3) is 0 Å². The molecule has 0 aliphatic carbocycles. The van der Waals surface area contributed by atoms with Gasteiger partial charge in [0.15, 0.2) is 0 Å². The lowest BCUT2D eigenvalue weighted by atomic mass is 10.1. The number of phenolic OH excluding ortho intramolecular Hbond substituents is 1. The summed E-state index contributed by atoms with van der Waals surface area (Å²) in [5.41, 5.74) is 2.36. The van der Waals surface area contributed by atoms with Gasteiger partial charge in [-0.25, -0.2) is 0 Å². The van der Waals surface area contributed by atoms with Gasteiger partial charge in [0.1, 0.15) is 5.75 Å². The van der Waals surface area contributed by atoms with E-state index in [4.69, 9.17) is 0 Å². The van der Waals surface area contributed by atoms with Gasteiger partial charge in [0.25, 0.3) is 0 Å². The van der Waals surface area contributed by atoms with Crippen molar-refractivity contribution in [3.63, 3.8) is 0 Å². The van der Waals surface area contributed by atoms with E-state index >= 15 is 0 Å². The maximum Gasteiger partial charge on any atom is 0.129 e. The molecule has 0 heterocycles. The Morgan fingerprint density at radius 1 is 1.20 bits per heavy atom. The Bertz CT molecular complexity index is 205. The molecule has 0 saturated heterocycles. The number of halogens is 1. The highest BCUT2D eigenvalue weighted by Crippen LogP contribution is 2.22. The lowest BCUT2D eigenvalue weighted by Crippen LogP contribution is -1.82. The van der Waals surface area contributed by atoms with Crippen LogP contribution in [0.2, 0.25) is 0 Å². The molecule has 1 N–H and O–H groups in total. The van der Waals surface area contributed by atoms with Crippen molar-refractivity contribution in [2.24, 2.45) is 0 Å². The normalized spacial score (nSPS) is 9.90. The topological polar surface area (TPSA) is 20.2 Å². The molecule has 10 heavy (non-hydrogen) atoms. The molecule has 0 unspecified atom stereocenters. The summed E-state index contributed by atoms with van der Waals surface area (Å²) in [5, 5.41) is 9.22. The van der Waals surface area contributed by atoms with Crippen LogP contribution in [-0.4, -0.2) is 5.11 Å². The zero-order valence-corrected chi connectivity index (χ0v) is 8.14. The van der Waals surface area contributed by atoms with E-state index in [1.165, 1.54) is 5.56 Å². The summed E-state index contributed by atoms with van der Waals surface area (Å²) in [6, 6.07) is 3.77. The SMILES string of the molecule is Cc1cc(O)c(I)cc1C. The van der Waals surface area contributed by atoms with Crippen LogP contribution in [0.1, 0.15) is 11.1 Å². The van der Waals surface area contributed by atoms with Crippen LogP contribution in [0.5, 0.6) is 5.75 Å². The van der Waals surface area contributed by atoms with Gasteiger partial charge in [0.05, 0.1) is 3.57 Å². The molecule has 0 aliphatic rings. The predicted molar refractivity (Wildman–Crippen MR) is 50.3 cm³/mol. The first-order chi connectivity index (χ1) is 4.61. The minimum Gasteiger partial charge on any atom is -0.507 e. The number of aryl methyl sites for hydroxylation is 2. The summed E-state index contributed by atoms with van der Waals surface area (Å²) in [4.78, 5) is 0. The summed E-state index contributed by atoms with van der Waals surface area (Å²) in [5.74, 6) is 0.378. The number of hydrogen-bond acceptors (Lipinski definition) is 1. The van der Waals surface area contributed by atoms with E-state index < -0.39 is 0 Å². The van der Waals surface area contributed by atoms with Gasteiger partial charge in [-0.05, 0) is 59.7 Å². The highest BCUT2D eigenvalue weighted by molar-refractivity contribution is 14.1. The Balaban J connectivity index is 3.28. The van der Waals surface area contributed by atoms with Crippen LogP contribution in [0.3, 0.4) is 0 Å². The number of rotatable bonds is 0. The Morgan fingerprint density at radius 3 is 2.20 bits per heavy atom. The van der Waals surface area contributed by atoms with Gasteiger partial charge in [-0.2, -0.15) is 0 Å². The summed E-state index contributed by atoms with van der Waals surface area (Å²) < 4.78 is 0.917. The van der Waals surface area contributed by atoms with Gasteiger partial charge in [-0.3, -0.25) is 0 Å². The largest absolute Gasteiger partial charge is 0.507 e. The molecule has 1 aromatic rings. The third-order valence-corrected chi connectivity index (χ3v) is 2.43. The van der Waals surface area contributed by atoms with Gasteiger partial charge in [-0.15, -0.1) is 0 Å². The summed E-state index contributed by atoms with van der Waals surface area (Å²) >= 11 is 2.12. The van der Waals surface area contributed by atoms with Crippen LogP contribution in [-0.2, 0) is 0 Å². The van der Waals surface area contributed by atoms with E-state index in [-0.39, 0.29) is 0 Å². The lowest BCUT2D eigenvalue weighted by Gasteiger charge is -2.01. The first kappa shape index (κ1) is 7.85. The third-order valence-electron chi connectivity index (χ3n) is 1.56. The van der Waals surface area contributed by atoms with Gasteiger partial charge in [0.2, 0.25) is 0 Å². The summed E-state index contributed by atoms with van der Waals surface area (Å²) in [7, 11) is 0. The highest BCUT2D eigenvalue weighted by atomic mass is 127. The monoisotopic (exact) mass is 248 g/mol. The van der Waals surface area contributed by atoms with E-state index in [2.05, 4.69) is 22.6 Å². The quantitative estimate of drug-likeness (QED) is 0.699. The van der Waals surface area contributed by atoms with Crippen molar-refractivity contribution < 1.29 is 5.11 Å². The molecular formula is C8H9IO. The van der Waals surface area contributed by atoms with Crippen molar-refractivity contribution in [1.29, 1.82) is 0 Å². The second-order valence-corrected chi connectivity index (χ2v) is 3.55. The molecular weight excluding hydrogens is 239 g/mol. The van der Waals surface area contributed by atoms with Crippen LogP contribution in [0, 0.1) is 17.4 Å². The fourth-order valence-corrected chi connectivity index (χ4v) is 1.39. The van der Waals surface area contributed by atoms with E-state index in [9.17, 15) is 5.11 Å².